The Morgan fingerprint density at radius 2 is 0.500 bits per heavy atom. The SMILES string of the molecule is O=C([O-])O.O=C([O-])O.c1ccc([P+](CCCCCC[P+](c2ccccc2)(c2ccccc2)c2ccccc2)(c2ccccc2)c2ccccc2)cc1. The summed E-state index contributed by atoms with van der Waals surface area (Å²) in [4.78, 5) is 16.9. The highest BCUT2D eigenvalue weighted by Gasteiger charge is 2.46. The van der Waals surface area contributed by atoms with E-state index >= 15 is 0 Å². The molecule has 0 heterocycles. The smallest absolute Gasteiger partial charge is 0.249 e. The van der Waals surface area contributed by atoms with E-state index in [1.165, 1.54) is 69.8 Å². The minimum absolute atomic E-state index is 1.20. The first kappa shape index (κ1) is 39.5. The summed E-state index contributed by atoms with van der Waals surface area (Å²) in [6.45, 7) is 0. The van der Waals surface area contributed by atoms with Crippen molar-refractivity contribution in [3.63, 3.8) is 0 Å². The second-order valence-electron chi connectivity index (χ2n) is 12.0. The van der Waals surface area contributed by atoms with Gasteiger partial charge in [0.05, 0.1) is 12.3 Å². The van der Waals surface area contributed by atoms with Crippen LogP contribution in [0.2, 0.25) is 0 Å². The number of carbonyl (C=O) groups is 2. The van der Waals surface area contributed by atoms with Crippen LogP contribution in [0.1, 0.15) is 25.7 Å². The van der Waals surface area contributed by atoms with Gasteiger partial charge in [0.15, 0.2) is 0 Å². The molecule has 0 aromatic heterocycles. The monoisotopic (exact) mass is 730 g/mol. The molecule has 6 aromatic carbocycles. The van der Waals surface area contributed by atoms with E-state index in [4.69, 9.17) is 30.0 Å². The topological polar surface area (TPSA) is 121 Å². The maximum atomic E-state index is 8.44. The third kappa shape index (κ3) is 10.6. The summed E-state index contributed by atoms with van der Waals surface area (Å²) in [6.07, 6.45) is 3.15. The molecule has 0 saturated heterocycles. The molecule has 6 nitrogen and oxygen atoms in total. The van der Waals surface area contributed by atoms with Crippen molar-refractivity contribution in [1.29, 1.82) is 0 Å². The zero-order valence-corrected chi connectivity index (χ0v) is 30.8. The van der Waals surface area contributed by atoms with Gasteiger partial charge in [-0.2, -0.15) is 0 Å². The van der Waals surface area contributed by atoms with Crippen molar-refractivity contribution in [1.82, 2.24) is 0 Å². The average Bonchev–Trinajstić information content (AvgIpc) is 3.18. The number of benzene rings is 6. The molecule has 8 heteroatoms. The van der Waals surface area contributed by atoms with Crippen molar-refractivity contribution in [2.75, 3.05) is 12.3 Å². The van der Waals surface area contributed by atoms with Gasteiger partial charge in [0.1, 0.15) is 46.4 Å². The Kier molecular flexibility index (Phi) is 15.6. The van der Waals surface area contributed by atoms with Crippen molar-refractivity contribution in [3.05, 3.63) is 182 Å². The number of unbranched alkanes of at least 4 members (excludes halogenated alkanes) is 3. The summed E-state index contributed by atoms with van der Waals surface area (Å²) >= 11 is 0. The molecular weight excluding hydrogens is 686 g/mol. The molecule has 6 rings (SSSR count). The fourth-order valence-corrected chi connectivity index (χ4v) is 15.6. The number of rotatable bonds is 13. The van der Waals surface area contributed by atoms with Crippen LogP contribution in [0.5, 0.6) is 0 Å². The Morgan fingerprint density at radius 1 is 0.346 bits per heavy atom. The lowest BCUT2D eigenvalue weighted by atomic mass is 10.2. The van der Waals surface area contributed by atoms with E-state index in [-0.39, 0.29) is 0 Å². The molecular formula is C44H44O6P2. The maximum Gasteiger partial charge on any atom is 0.249 e. The Morgan fingerprint density at radius 3 is 0.654 bits per heavy atom. The Balaban J connectivity index is 0.000000687. The van der Waals surface area contributed by atoms with E-state index in [1.807, 2.05) is 0 Å². The third-order valence-electron chi connectivity index (χ3n) is 8.92. The lowest BCUT2D eigenvalue weighted by molar-refractivity contribution is -0.276. The predicted octanol–water partition coefficient (Wildman–Crippen LogP) is 6.31. The Labute approximate surface area is 307 Å². The van der Waals surface area contributed by atoms with Gasteiger partial charge < -0.3 is 30.0 Å². The summed E-state index contributed by atoms with van der Waals surface area (Å²) in [5.74, 6) is 0. The molecule has 0 aliphatic carbocycles. The number of hydrogen-bond donors (Lipinski definition) is 2. The van der Waals surface area contributed by atoms with E-state index in [2.05, 4.69) is 182 Å². The largest absolute Gasteiger partial charge is 0.565 e. The molecule has 52 heavy (non-hydrogen) atoms. The van der Waals surface area contributed by atoms with Crippen molar-refractivity contribution < 1.29 is 30.0 Å². The minimum Gasteiger partial charge on any atom is -0.565 e. The van der Waals surface area contributed by atoms with E-state index in [9.17, 15) is 0 Å². The van der Waals surface area contributed by atoms with Crippen molar-refractivity contribution in [2.45, 2.75) is 25.7 Å². The molecule has 2 N–H and O–H groups in total. The van der Waals surface area contributed by atoms with Crippen LogP contribution < -0.4 is 42.0 Å². The van der Waals surface area contributed by atoms with Crippen LogP contribution in [0.15, 0.2) is 182 Å². The van der Waals surface area contributed by atoms with Gasteiger partial charge in [0, 0.05) is 0 Å². The van der Waals surface area contributed by atoms with Crippen molar-refractivity contribution in [3.8, 4) is 0 Å². The van der Waals surface area contributed by atoms with Crippen LogP contribution in [0, 0.1) is 0 Å². The third-order valence-corrected chi connectivity index (χ3v) is 18.0. The van der Waals surface area contributed by atoms with Crippen LogP contribution in [0.4, 0.5) is 9.59 Å². The highest BCUT2D eigenvalue weighted by molar-refractivity contribution is 7.96. The molecule has 0 spiro atoms. The maximum absolute atomic E-state index is 8.44. The van der Waals surface area contributed by atoms with Crippen molar-refractivity contribution in [2.24, 2.45) is 0 Å². The normalized spacial score (nSPS) is 10.8. The van der Waals surface area contributed by atoms with Gasteiger partial charge in [-0.25, -0.2) is 0 Å². The highest BCUT2D eigenvalue weighted by Crippen LogP contribution is 2.57. The lowest BCUT2D eigenvalue weighted by Crippen LogP contribution is -2.33. The van der Waals surface area contributed by atoms with Gasteiger partial charge >= 0.3 is 0 Å². The predicted molar refractivity (Wildman–Crippen MR) is 215 cm³/mol. The Bertz CT molecular complexity index is 1550. The summed E-state index contributed by atoms with van der Waals surface area (Å²) in [6, 6.07) is 67.9. The molecule has 0 bridgehead atoms. The average molecular weight is 731 g/mol. The highest BCUT2D eigenvalue weighted by atomic mass is 31.2. The second kappa shape index (κ2) is 20.5. The molecule has 0 saturated carbocycles. The van der Waals surface area contributed by atoms with Gasteiger partial charge in [-0.05, 0) is 98.5 Å². The van der Waals surface area contributed by atoms with Crippen LogP contribution in [-0.4, -0.2) is 34.8 Å². The van der Waals surface area contributed by atoms with E-state index in [0.717, 1.165) is 0 Å². The van der Waals surface area contributed by atoms with E-state index < -0.39 is 26.8 Å². The van der Waals surface area contributed by atoms with Crippen LogP contribution in [-0.2, 0) is 0 Å². The molecule has 0 aliphatic heterocycles. The molecule has 266 valence electrons. The second-order valence-corrected chi connectivity index (χ2v) is 19.3. The molecule has 0 radical (unpaired) electrons. The quantitative estimate of drug-likeness (QED) is 0.106. The van der Waals surface area contributed by atoms with E-state index in [1.54, 1.807) is 0 Å². The lowest BCUT2D eigenvalue weighted by Gasteiger charge is -2.28. The zero-order chi connectivity index (χ0) is 37.1. The molecule has 0 amide bonds. The number of hydrogen-bond acceptors (Lipinski definition) is 4. The van der Waals surface area contributed by atoms with Gasteiger partial charge in [-0.15, -0.1) is 0 Å². The van der Waals surface area contributed by atoms with Crippen LogP contribution >= 0.6 is 14.5 Å². The van der Waals surface area contributed by atoms with Gasteiger partial charge in [-0.1, -0.05) is 109 Å². The summed E-state index contributed by atoms with van der Waals surface area (Å²) in [7, 11) is -3.54. The van der Waals surface area contributed by atoms with Crippen molar-refractivity contribution >= 4 is 58.7 Å². The zero-order valence-electron chi connectivity index (χ0n) is 29.0. The van der Waals surface area contributed by atoms with Gasteiger partial charge in [-0.3, -0.25) is 0 Å². The first-order valence-electron chi connectivity index (χ1n) is 17.2. The fourth-order valence-electron chi connectivity index (χ4n) is 6.82. The summed E-state index contributed by atoms with van der Waals surface area (Å²) in [5, 5.41) is 39.5. The molecule has 0 fully saturated rings. The summed E-state index contributed by atoms with van der Waals surface area (Å²) < 4.78 is 0. The molecule has 0 unspecified atom stereocenters. The molecule has 6 aromatic rings. The minimum atomic E-state index is -2.08. The van der Waals surface area contributed by atoms with Gasteiger partial charge in [0.2, 0.25) is 12.3 Å². The Hall–Kier alpha value is -5.28. The molecule has 0 aliphatic rings. The standard InChI is InChI=1S/C42H42P2.2CH2O3/c1(21-35-43(37-23-9-3-10-24-37,38-25-11-4-12-26-38)39-27-13-5-14-28-39)2-22-36-44(40-29-15-6-16-30-40,41-31-17-7-18-32-41)42-33-19-8-20-34-42;2*2-1(3)4/h3-20,23-34H,1-2,21-22,35-36H2;2*(H2,2,3,4)/q+2;;/p-2. The van der Waals surface area contributed by atoms with Crippen LogP contribution in [0.25, 0.3) is 0 Å². The summed E-state index contributed by atoms with van der Waals surface area (Å²) in [5.41, 5.74) is 0. The first-order valence-corrected chi connectivity index (χ1v) is 21.2. The first-order chi connectivity index (χ1) is 25.3. The van der Waals surface area contributed by atoms with Gasteiger partial charge in [0.25, 0.3) is 0 Å². The number of carboxylic acid groups (broad SMARTS) is 4. The fraction of sp³-hybridized carbons (Fsp3) is 0.136. The van der Waals surface area contributed by atoms with Crippen LogP contribution in [0.3, 0.4) is 0 Å². The van der Waals surface area contributed by atoms with E-state index in [0.29, 0.717) is 0 Å². The molecule has 0 atom stereocenters.